The van der Waals surface area contributed by atoms with E-state index in [2.05, 4.69) is 11.4 Å². The summed E-state index contributed by atoms with van der Waals surface area (Å²) in [5.74, 6) is -0.346. The van der Waals surface area contributed by atoms with Crippen molar-refractivity contribution in [2.45, 2.75) is 32.4 Å². The monoisotopic (exact) mass is 363 g/mol. The third-order valence-electron chi connectivity index (χ3n) is 4.02. The number of nitrogens with zero attached hydrogens (tertiary/aromatic N) is 1. The lowest BCUT2D eigenvalue weighted by Crippen LogP contribution is -2.35. The average Bonchev–Trinajstić information content (AvgIpc) is 3.06. The lowest BCUT2D eigenvalue weighted by Gasteiger charge is -2.27. The lowest BCUT2D eigenvalue weighted by molar-refractivity contribution is -0.147. The molecule has 1 amide bonds. The highest BCUT2D eigenvalue weighted by Crippen LogP contribution is 2.24. The van der Waals surface area contributed by atoms with Gasteiger partial charge in [0.05, 0.1) is 6.42 Å². The van der Waals surface area contributed by atoms with Crippen LogP contribution in [0.1, 0.15) is 28.8 Å². The predicted octanol–water partition coefficient (Wildman–Crippen LogP) is 3.81. The average molecular weight is 364 g/mol. The van der Waals surface area contributed by atoms with Gasteiger partial charge in [0.2, 0.25) is 5.91 Å². The third-order valence-corrected chi connectivity index (χ3v) is 5.29. The van der Waals surface area contributed by atoms with E-state index in [1.807, 2.05) is 17.0 Å². The second kappa shape index (κ2) is 7.81. The minimum Gasteiger partial charge on any atom is -0.461 e. The van der Waals surface area contributed by atoms with Crippen LogP contribution >= 0.6 is 22.9 Å². The Bertz CT molecular complexity index is 726. The number of hydrogen-bond acceptors (Lipinski definition) is 4. The van der Waals surface area contributed by atoms with Gasteiger partial charge in [0.25, 0.3) is 0 Å². The predicted molar refractivity (Wildman–Crippen MR) is 93.9 cm³/mol. The van der Waals surface area contributed by atoms with Gasteiger partial charge in [-0.1, -0.05) is 23.7 Å². The number of ether oxygens (including phenoxy) is 1. The van der Waals surface area contributed by atoms with Crippen molar-refractivity contribution in [2.24, 2.45) is 0 Å². The van der Waals surface area contributed by atoms with Crippen molar-refractivity contribution in [2.75, 3.05) is 6.54 Å². The number of carbonyl (C=O) groups is 2. The van der Waals surface area contributed by atoms with E-state index in [9.17, 15) is 9.59 Å². The molecule has 0 fully saturated rings. The van der Waals surface area contributed by atoms with Gasteiger partial charge >= 0.3 is 5.97 Å². The molecule has 0 unspecified atom stereocenters. The highest BCUT2D eigenvalue weighted by molar-refractivity contribution is 7.10. The molecule has 3 rings (SSSR count). The largest absolute Gasteiger partial charge is 0.461 e. The fourth-order valence-corrected chi connectivity index (χ4v) is 3.66. The Kier molecular flexibility index (Phi) is 5.53. The first kappa shape index (κ1) is 17.0. The fraction of sp³-hybridized carbons (Fsp3) is 0.333. The number of carbonyl (C=O) groups excluding carboxylic acids is 2. The van der Waals surface area contributed by atoms with Crippen molar-refractivity contribution in [3.63, 3.8) is 0 Å². The summed E-state index contributed by atoms with van der Waals surface area (Å²) in [7, 11) is 0. The number of hydrogen-bond donors (Lipinski definition) is 0. The third kappa shape index (κ3) is 4.36. The van der Waals surface area contributed by atoms with Crippen LogP contribution in [0.15, 0.2) is 35.7 Å². The number of benzene rings is 1. The summed E-state index contributed by atoms with van der Waals surface area (Å²) in [6.07, 6.45) is 1.21. The number of rotatable bonds is 5. The molecular weight excluding hydrogens is 346 g/mol. The van der Waals surface area contributed by atoms with Crippen molar-refractivity contribution in [1.29, 1.82) is 0 Å². The van der Waals surface area contributed by atoms with Gasteiger partial charge in [0.15, 0.2) is 0 Å². The second-order valence-electron chi connectivity index (χ2n) is 5.72. The molecule has 0 bridgehead atoms. The summed E-state index contributed by atoms with van der Waals surface area (Å²) in [4.78, 5) is 27.2. The van der Waals surface area contributed by atoms with Crippen LogP contribution in [0.5, 0.6) is 0 Å². The number of fused-ring (bicyclic) bond motifs is 1. The quantitative estimate of drug-likeness (QED) is 0.759. The van der Waals surface area contributed by atoms with E-state index in [4.69, 9.17) is 16.3 Å². The highest BCUT2D eigenvalue weighted by atomic mass is 35.5. The number of halogens is 1. The van der Waals surface area contributed by atoms with E-state index >= 15 is 0 Å². The minimum absolute atomic E-state index is 0.00953. The molecule has 126 valence electrons. The summed E-state index contributed by atoms with van der Waals surface area (Å²) in [5.41, 5.74) is 2.10. The molecule has 0 spiro atoms. The number of thiophene rings is 1. The van der Waals surface area contributed by atoms with Crippen molar-refractivity contribution in [3.8, 4) is 0 Å². The standard InChI is InChI=1S/C18H18ClNO3S/c19-15-3-1-13(2-4-15)12-23-18(22)6-5-17(21)20-9-7-16-14(11-20)8-10-24-16/h1-4,8,10H,5-7,9,11-12H2. The van der Waals surface area contributed by atoms with Gasteiger partial charge in [-0.15, -0.1) is 11.3 Å². The van der Waals surface area contributed by atoms with Crippen molar-refractivity contribution >= 4 is 34.8 Å². The topological polar surface area (TPSA) is 46.6 Å². The molecule has 0 atom stereocenters. The van der Waals surface area contributed by atoms with Crippen LogP contribution in [0.4, 0.5) is 0 Å². The molecule has 6 heteroatoms. The maximum Gasteiger partial charge on any atom is 0.306 e. The zero-order valence-corrected chi connectivity index (χ0v) is 14.7. The summed E-state index contributed by atoms with van der Waals surface area (Å²) >= 11 is 7.55. The van der Waals surface area contributed by atoms with Crippen LogP contribution in [-0.2, 0) is 33.9 Å². The fourth-order valence-electron chi connectivity index (χ4n) is 2.65. The molecule has 0 saturated heterocycles. The van der Waals surface area contributed by atoms with Gasteiger partial charge in [-0.25, -0.2) is 0 Å². The van der Waals surface area contributed by atoms with Gasteiger partial charge in [0, 0.05) is 29.4 Å². The molecule has 0 aliphatic carbocycles. The summed E-state index contributed by atoms with van der Waals surface area (Å²) < 4.78 is 5.20. The van der Waals surface area contributed by atoms with E-state index in [-0.39, 0.29) is 31.3 Å². The molecule has 0 N–H and O–H groups in total. The van der Waals surface area contributed by atoms with Gasteiger partial charge in [0.1, 0.15) is 6.61 Å². The first-order valence-electron chi connectivity index (χ1n) is 7.85. The van der Waals surface area contributed by atoms with Gasteiger partial charge in [-0.2, -0.15) is 0 Å². The van der Waals surface area contributed by atoms with Gasteiger partial charge in [-0.3, -0.25) is 9.59 Å². The Morgan fingerprint density at radius 1 is 1.17 bits per heavy atom. The molecule has 1 aliphatic rings. The van der Waals surface area contributed by atoms with Gasteiger partial charge in [-0.05, 0) is 41.1 Å². The van der Waals surface area contributed by atoms with E-state index in [0.717, 1.165) is 18.5 Å². The maximum absolute atomic E-state index is 12.3. The highest BCUT2D eigenvalue weighted by Gasteiger charge is 2.21. The van der Waals surface area contributed by atoms with E-state index in [0.29, 0.717) is 11.6 Å². The Morgan fingerprint density at radius 2 is 1.96 bits per heavy atom. The first-order chi connectivity index (χ1) is 11.6. The van der Waals surface area contributed by atoms with Crippen molar-refractivity contribution in [3.05, 3.63) is 56.7 Å². The lowest BCUT2D eigenvalue weighted by atomic mass is 10.1. The second-order valence-corrected chi connectivity index (χ2v) is 7.16. The molecule has 0 radical (unpaired) electrons. The molecule has 2 aromatic rings. The molecule has 2 heterocycles. The molecule has 1 aromatic heterocycles. The van der Waals surface area contributed by atoms with Crippen LogP contribution in [0, 0.1) is 0 Å². The van der Waals surface area contributed by atoms with Crippen LogP contribution in [-0.4, -0.2) is 23.3 Å². The number of esters is 1. The van der Waals surface area contributed by atoms with Crippen molar-refractivity contribution < 1.29 is 14.3 Å². The van der Waals surface area contributed by atoms with Gasteiger partial charge < -0.3 is 9.64 Å². The van der Waals surface area contributed by atoms with Crippen LogP contribution in [0.3, 0.4) is 0 Å². The molecule has 24 heavy (non-hydrogen) atoms. The molecule has 1 aromatic carbocycles. The van der Waals surface area contributed by atoms with Crippen molar-refractivity contribution in [1.82, 2.24) is 4.90 Å². The maximum atomic E-state index is 12.3. The SMILES string of the molecule is O=C(CCC(=O)N1CCc2sccc2C1)OCc1ccc(Cl)cc1. The zero-order valence-electron chi connectivity index (χ0n) is 13.2. The molecule has 0 saturated carbocycles. The number of amides is 1. The first-order valence-corrected chi connectivity index (χ1v) is 9.10. The summed E-state index contributed by atoms with van der Waals surface area (Å²) in [6, 6.07) is 9.20. The van der Waals surface area contributed by atoms with E-state index in [1.165, 1.54) is 10.4 Å². The molecule has 4 nitrogen and oxygen atoms in total. The zero-order chi connectivity index (χ0) is 16.9. The van der Waals surface area contributed by atoms with Crippen LogP contribution in [0.25, 0.3) is 0 Å². The Hall–Kier alpha value is -1.85. The molecular formula is C18H18ClNO3S. The van der Waals surface area contributed by atoms with Crippen LogP contribution in [0.2, 0.25) is 5.02 Å². The Labute approximate surface area is 150 Å². The smallest absolute Gasteiger partial charge is 0.306 e. The van der Waals surface area contributed by atoms with Crippen LogP contribution < -0.4 is 0 Å². The Balaban J connectivity index is 1.41. The Morgan fingerprint density at radius 3 is 2.75 bits per heavy atom. The summed E-state index contributed by atoms with van der Waals surface area (Å²) in [5, 5.41) is 2.71. The van der Waals surface area contributed by atoms with E-state index in [1.54, 1.807) is 23.5 Å². The summed E-state index contributed by atoms with van der Waals surface area (Å²) in [6.45, 7) is 1.58. The van der Waals surface area contributed by atoms with E-state index < -0.39 is 0 Å². The molecule has 1 aliphatic heterocycles. The minimum atomic E-state index is -0.355. The normalized spacial score (nSPS) is 13.5.